The zero-order valence-electron chi connectivity index (χ0n) is 19.1. The summed E-state index contributed by atoms with van der Waals surface area (Å²) < 4.78 is 0. The first-order chi connectivity index (χ1) is 16.7. The van der Waals surface area contributed by atoms with Crippen LogP contribution in [0.1, 0.15) is 12.5 Å². The predicted molar refractivity (Wildman–Crippen MR) is 135 cm³/mol. The van der Waals surface area contributed by atoms with Crippen LogP contribution in [-0.2, 0) is 6.54 Å². The van der Waals surface area contributed by atoms with E-state index in [1.165, 1.54) is 0 Å². The van der Waals surface area contributed by atoms with E-state index < -0.39 is 0 Å². The lowest BCUT2D eigenvalue weighted by atomic mass is 10.0. The maximum atomic E-state index is 7.37. The quantitative estimate of drug-likeness (QED) is 0.252. The third-order valence-corrected chi connectivity index (χ3v) is 5.93. The summed E-state index contributed by atoms with van der Waals surface area (Å²) in [4.78, 5) is 19.3. The second-order valence-electron chi connectivity index (χ2n) is 8.15. The minimum atomic E-state index is 0.559. The summed E-state index contributed by atoms with van der Waals surface area (Å²) in [5, 5.41) is 14.5. The van der Waals surface area contributed by atoms with Crippen molar-refractivity contribution in [3.05, 3.63) is 54.5 Å². The van der Waals surface area contributed by atoms with Crippen molar-refractivity contribution < 1.29 is 0 Å². The molecule has 5 rings (SSSR count). The lowest BCUT2D eigenvalue weighted by molar-refractivity contribution is 0.585. The number of pyridine rings is 1. The molecule has 1 saturated heterocycles. The molecular weight excluding hydrogens is 428 g/mol. The van der Waals surface area contributed by atoms with Gasteiger partial charge >= 0.3 is 0 Å². The van der Waals surface area contributed by atoms with Gasteiger partial charge in [-0.15, -0.1) is 0 Å². The highest BCUT2D eigenvalue weighted by atomic mass is 15.2. The van der Waals surface area contributed by atoms with Gasteiger partial charge in [-0.3, -0.25) is 0 Å². The number of aromatic amines is 1. The Kier molecular flexibility index (Phi) is 6.30. The molecule has 1 fully saturated rings. The van der Waals surface area contributed by atoms with Crippen molar-refractivity contribution in [2.24, 2.45) is 5.11 Å². The Hall–Kier alpha value is -4.05. The summed E-state index contributed by atoms with van der Waals surface area (Å²) in [6.07, 6.45) is 5.67. The number of hydrogen-bond donors (Lipinski definition) is 5. The van der Waals surface area contributed by atoms with Gasteiger partial charge in [0, 0.05) is 68.8 Å². The standard InChI is InChI=1S/C24H28N10/c1-2-27-21-11-17(4-5-20(21)33-25)18-14-29-23-19(18)15-31-24(32-23)30-13-16-3-6-22(28-12-16)34-9-7-26-8-10-34/h3-6,11-12,14-15,25-27H,2,7-10,13H2,1H3,(H2,29,30,31,32). The third-order valence-electron chi connectivity index (χ3n) is 5.93. The molecule has 174 valence electrons. The maximum Gasteiger partial charge on any atom is 0.224 e. The number of hydrogen-bond acceptors (Lipinski definition) is 9. The molecule has 4 aromatic rings. The molecular formula is C24H28N10. The van der Waals surface area contributed by atoms with E-state index in [2.05, 4.69) is 58.0 Å². The Morgan fingerprint density at radius 3 is 2.74 bits per heavy atom. The first kappa shape index (κ1) is 21.8. The average Bonchev–Trinajstić information content (AvgIpc) is 3.32. The smallest absolute Gasteiger partial charge is 0.224 e. The van der Waals surface area contributed by atoms with Crippen molar-refractivity contribution in [1.29, 1.82) is 5.53 Å². The van der Waals surface area contributed by atoms with Gasteiger partial charge in [0.15, 0.2) is 0 Å². The first-order valence-electron chi connectivity index (χ1n) is 11.5. The predicted octanol–water partition coefficient (Wildman–Crippen LogP) is 4.14. The van der Waals surface area contributed by atoms with Crippen molar-refractivity contribution in [2.75, 3.05) is 48.3 Å². The number of nitrogens with one attached hydrogen (secondary N) is 5. The number of anilines is 3. The van der Waals surface area contributed by atoms with Gasteiger partial charge in [0.2, 0.25) is 5.95 Å². The molecule has 34 heavy (non-hydrogen) atoms. The van der Waals surface area contributed by atoms with E-state index in [-0.39, 0.29) is 0 Å². The van der Waals surface area contributed by atoms with Crippen LogP contribution in [0.3, 0.4) is 0 Å². The zero-order chi connectivity index (χ0) is 23.3. The summed E-state index contributed by atoms with van der Waals surface area (Å²) in [5.74, 6) is 1.58. The molecule has 1 aliphatic rings. The Morgan fingerprint density at radius 1 is 1.09 bits per heavy atom. The number of rotatable bonds is 8. The molecule has 0 bridgehead atoms. The number of benzene rings is 1. The normalized spacial score (nSPS) is 13.7. The van der Waals surface area contributed by atoms with Crippen LogP contribution in [0.2, 0.25) is 0 Å². The number of piperazine rings is 1. The molecule has 0 saturated carbocycles. The van der Waals surface area contributed by atoms with Gasteiger partial charge in [-0.1, -0.05) is 12.1 Å². The summed E-state index contributed by atoms with van der Waals surface area (Å²) in [6, 6.07) is 9.97. The molecule has 5 N–H and O–H groups in total. The van der Waals surface area contributed by atoms with Crippen LogP contribution < -0.4 is 20.9 Å². The van der Waals surface area contributed by atoms with E-state index in [9.17, 15) is 0 Å². The van der Waals surface area contributed by atoms with Crippen LogP contribution in [0.15, 0.2) is 54.0 Å². The molecule has 4 heterocycles. The van der Waals surface area contributed by atoms with Crippen LogP contribution >= 0.6 is 0 Å². The Labute approximate surface area is 197 Å². The fourth-order valence-electron chi connectivity index (χ4n) is 4.15. The van der Waals surface area contributed by atoms with Crippen molar-refractivity contribution in [1.82, 2.24) is 25.3 Å². The average molecular weight is 457 g/mol. The van der Waals surface area contributed by atoms with E-state index in [0.29, 0.717) is 18.2 Å². The van der Waals surface area contributed by atoms with Crippen LogP contribution in [0.5, 0.6) is 0 Å². The maximum absolute atomic E-state index is 7.37. The van der Waals surface area contributed by atoms with Crippen LogP contribution in [0.4, 0.5) is 23.1 Å². The van der Waals surface area contributed by atoms with Crippen molar-refractivity contribution >= 4 is 34.2 Å². The van der Waals surface area contributed by atoms with E-state index in [4.69, 9.17) is 5.53 Å². The minimum Gasteiger partial charge on any atom is -0.384 e. The van der Waals surface area contributed by atoms with Crippen LogP contribution in [0, 0.1) is 5.53 Å². The van der Waals surface area contributed by atoms with Gasteiger partial charge in [0.05, 0.1) is 5.69 Å². The molecule has 0 atom stereocenters. The molecule has 0 radical (unpaired) electrons. The highest BCUT2D eigenvalue weighted by molar-refractivity contribution is 5.94. The lowest BCUT2D eigenvalue weighted by Crippen LogP contribution is -2.43. The number of fused-ring (bicyclic) bond motifs is 1. The zero-order valence-corrected chi connectivity index (χ0v) is 19.1. The molecule has 0 spiro atoms. The summed E-state index contributed by atoms with van der Waals surface area (Å²) in [6.45, 7) is 7.32. The second-order valence-corrected chi connectivity index (χ2v) is 8.15. The monoisotopic (exact) mass is 456 g/mol. The van der Waals surface area contributed by atoms with Crippen molar-refractivity contribution in [3.63, 3.8) is 0 Å². The largest absolute Gasteiger partial charge is 0.384 e. The Balaban J connectivity index is 1.29. The molecule has 0 amide bonds. The first-order valence-corrected chi connectivity index (χ1v) is 11.5. The van der Waals surface area contributed by atoms with Crippen molar-refractivity contribution in [3.8, 4) is 11.1 Å². The number of nitrogens with zero attached hydrogens (tertiary/aromatic N) is 5. The lowest BCUT2D eigenvalue weighted by Gasteiger charge is -2.28. The Bertz CT molecular complexity index is 1270. The topological polar surface area (TPSA) is 130 Å². The van der Waals surface area contributed by atoms with Gasteiger partial charge in [-0.2, -0.15) is 10.1 Å². The molecule has 3 aromatic heterocycles. The third kappa shape index (κ3) is 4.53. The van der Waals surface area contributed by atoms with E-state index in [1.54, 1.807) is 0 Å². The Morgan fingerprint density at radius 2 is 1.97 bits per heavy atom. The summed E-state index contributed by atoms with van der Waals surface area (Å²) >= 11 is 0. The molecule has 1 aliphatic heterocycles. The molecule has 1 aromatic carbocycles. The SMILES string of the molecule is CCNc1cc(-c2c[nH]c3nc(NCc4ccc(N5CCNCC5)nc4)ncc23)ccc1N=N. The molecule has 0 unspecified atom stereocenters. The molecule has 10 nitrogen and oxygen atoms in total. The minimum absolute atomic E-state index is 0.559. The van der Waals surface area contributed by atoms with Gasteiger partial charge < -0.3 is 25.8 Å². The highest BCUT2D eigenvalue weighted by Gasteiger charge is 2.13. The van der Waals surface area contributed by atoms with Gasteiger partial charge in [-0.25, -0.2) is 15.5 Å². The van der Waals surface area contributed by atoms with E-state index in [1.807, 2.05) is 43.7 Å². The van der Waals surface area contributed by atoms with E-state index in [0.717, 1.165) is 72.0 Å². The summed E-state index contributed by atoms with van der Waals surface area (Å²) in [7, 11) is 0. The van der Waals surface area contributed by atoms with E-state index >= 15 is 0 Å². The van der Waals surface area contributed by atoms with Gasteiger partial charge in [0.25, 0.3) is 0 Å². The number of H-pyrrole nitrogens is 1. The van der Waals surface area contributed by atoms with Crippen molar-refractivity contribution in [2.45, 2.75) is 13.5 Å². The number of aromatic nitrogens is 4. The van der Waals surface area contributed by atoms with Gasteiger partial charge in [0.1, 0.15) is 17.2 Å². The van der Waals surface area contributed by atoms with Crippen LogP contribution in [0.25, 0.3) is 22.2 Å². The molecule has 10 heteroatoms. The highest BCUT2D eigenvalue weighted by Crippen LogP contribution is 2.34. The van der Waals surface area contributed by atoms with Gasteiger partial charge in [-0.05, 0) is 36.2 Å². The van der Waals surface area contributed by atoms with Crippen LogP contribution in [-0.4, -0.2) is 52.7 Å². The molecule has 0 aliphatic carbocycles. The fraction of sp³-hybridized carbons (Fsp3) is 0.292. The fourth-order valence-corrected chi connectivity index (χ4v) is 4.15. The second kappa shape index (κ2) is 9.84. The summed E-state index contributed by atoms with van der Waals surface area (Å²) in [5.41, 5.74) is 12.7.